The molecule has 1 aliphatic rings. The van der Waals surface area contributed by atoms with Crippen LogP contribution in [0.4, 0.5) is 5.69 Å². The van der Waals surface area contributed by atoms with Gasteiger partial charge in [-0.25, -0.2) is 13.1 Å². The number of anilines is 1. The topological polar surface area (TPSA) is 107 Å². The molecular weight excluding hydrogens is 404 g/mol. The number of phenolic OH excluding ortho intramolecular Hbond substituents is 2. The van der Waals surface area contributed by atoms with Crippen molar-refractivity contribution in [1.82, 2.24) is 4.72 Å². The van der Waals surface area contributed by atoms with Gasteiger partial charge in [-0.15, -0.1) is 0 Å². The first-order valence-corrected chi connectivity index (χ1v) is 11.3. The van der Waals surface area contributed by atoms with Gasteiger partial charge in [0.15, 0.2) is 0 Å². The van der Waals surface area contributed by atoms with Gasteiger partial charge < -0.3 is 15.1 Å². The maximum Gasteiger partial charge on any atom is 0.250 e. The lowest BCUT2D eigenvalue weighted by molar-refractivity contribution is -0.113. The molecule has 8 heteroatoms. The van der Waals surface area contributed by atoms with E-state index in [0.717, 1.165) is 32.1 Å². The lowest BCUT2D eigenvalue weighted by atomic mass is 9.96. The molecule has 160 valence electrons. The first-order chi connectivity index (χ1) is 14.2. The van der Waals surface area contributed by atoms with Gasteiger partial charge in [0.1, 0.15) is 11.5 Å². The minimum absolute atomic E-state index is 0.0188. The van der Waals surface area contributed by atoms with E-state index in [1.54, 1.807) is 19.2 Å². The molecule has 0 aromatic heterocycles. The Labute approximate surface area is 176 Å². The number of nitrogens with one attached hydrogen (secondary N) is 1. The predicted molar refractivity (Wildman–Crippen MR) is 116 cm³/mol. The summed E-state index contributed by atoms with van der Waals surface area (Å²) in [5.74, 6) is -0.544. The number of amides is 1. The van der Waals surface area contributed by atoms with Gasteiger partial charge in [0.2, 0.25) is 10.0 Å². The van der Waals surface area contributed by atoms with E-state index in [0.29, 0.717) is 11.3 Å². The number of carbonyl (C=O) groups is 1. The standard InChI is InChI=1S/C22H26N2O5S/c1-24(22(27)12-7-16-13-19(25)15-20(26)14-16)18-8-10-21(11-9-18)30(28,29)23-17-5-3-2-4-6-17/h7-15,17,23,25-26H,2-6H2,1H3/b12-7+. The highest BCUT2D eigenvalue weighted by Crippen LogP contribution is 2.23. The van der Waals surface area contributed by atoms with E-state index < -0.39 is 10.0 Å². The second-order valence-corrected chi connectivity index (χ2v) is 9.18. The lowest BCUT2D eigenvalue weighted by Crippen LogP contribution is -2.36. The number of hydrogen-bond donors (Lipinski definition) is 3. The first kappa shape index (κ1) is 21.9. The summed E-state index contributed by atoms with van der Waals surface area (Å²) in [6.45, 7) is 0. The average molecular weight is 431 g/mol. The smallest absolute Gasteiger partial charge is 0.250 e. The molecule has 0 saturated heterocycles. The van der Waals surface area contributed by atoms with Gasteiger partial charge in [0, 0.05) is 30.9 Å². The molecule has 1 saturated carbocycles. The Morgan fingerprint density at radius 2 is 1.63 bits per heavy atom. The van der Waals surface area contributed by atoms with Crippen molar-refractivity contribution >= 4 is 27.7 Å². The van der Waals surface area contributed by atoms with Gasteiger partial charge in [-0.2, -0.15) is 0 Å². The summed E-state index contributed by atoms with van der Waals surface area (Å²) in [5.41, 5.74) is 1.02. The number of aromatic hydroxyl groups is 2. The highest BCUT2D eigenvalue weighted by molar-refractivity contribution is 7.89. The minimum atomic E-state index is -3.59. The van der Waals surface area contributed by atoms with Crippen molar-refractivity contribution in [2.45, 2.75) is 43.0 Å². The number of benzene rings is 2. The van der Waals surface area contributed by atoms with E-state index in [4.69, 9.17) is 0 Å². The number of sulfonamides is 1. The Hall–Kier alpha value is -2.84. The normalized spacial score (nSPS) is 15.4. The second kappa shape index (κ2) is 9.32. The van der Waals surface area contributed by atoms with E-state index >= 15 is 0 Å². The lowest BCUT2D eigenvalue weighted by Gasteiger charge is -2.22. The van der Waals surface area contributed by atoms with Crippen LogP contribution in [0.5, 0.6) is 11.5 Å². The van der Waals surface area contributed by atoms with Gasteiger partial charge in [-0.05, 0) is 60.9 Å². The Kier molecular flexibility index (Phi) is 6.79. The monoisotopic (exact) mass is 430 g/mol. The van der Waals surface area contributed by atoms with Crippen LogP contribution in [0.25, 0.3) is 6.08 Å². The molecule has 0 bridgehead atoms. The third kappa shape index (κ3) is 5.61. The molecule has 0 aliphatic heterocycles. The third-order valence-electron chi connectivity index (χ3n) is 5.14. The van der Waals surface area contributed by atoms with Crippen LogP contribution in [0.15, 0.2) is 53.4 Å². The maximum atomic E-state index is 12.6. The number of phenols is 2. The van der Waals surface area contributed by atoms with Crippen LogP contribution in [-0.2, 0) is 14.8 Å². The molecule has 2 aromatic rings. The number of rotatable bonds is 6. The quantitative estimate of drug-likeness (QED) is 0.609. The molecule has 30 heavy (non-hydrogen) atoms. The first-order valence-electron chi connectivity index (χ1n) is 9.86. The summed E-state index contributed by atoms with van der Waals surface area (Å²) in [5, 5.41) is 19.0. The van der Waals surface area contributed by atoms with Crippen molar-refractivity contribution in [3.8, 4) is 11.5 Å². The zero-order chi connectivity index (χ0) is 21.7. The largest absolute Gasteiger partial charge is 0.508 e. The molecular formula is C22H26N2O5S. The molecule has 2 aromatic carbocycles. The minimum Gasteiger partial charge on any atom is -0.508 e. The molecule has 0 spiro atoms. The van der Waals surface area contributed by atoms with Crippen molar-refractivity contribution in [3.05, 3.63) is 54.1 Å². The molecule has 1 amide bonds. The molecule has 3 N–H and O–H groups in total. The maximum absolute atomic E-state index is 12.6. The van der Waals surface area contributed by atoms with E-state index in [2.05, 4.69) is 4.72 Å². The van der Waals surface area contributed by atoms with Crippen LogP contribution in [-0.4, -0.2) is 37.6 Å². The molecule has 3 rings (SSSR count). The van der Waals surface area contributed by atoms with E-state index in [9.17, 15) is 23.4 Å². The fourth-order valence-electron chi connectivity index (χ4n) is 3.48. The summed E-state index contributed by atoms with van der Waals surface area (Å²) in [6.07, 6.45) is 7.72. The van der Waals surface area contributed by atoms with Crippen molar-refractivity contribution in [3.63, 3.8) is 0 Å². The van der Waals surface area contributed by atoms with E-state index in [-0.39, 0.29) is 28.3 Å². The van der Waals surface area contributed by atoms with Crippen LogP contribution < -0.4 is 9.62 Å². The molecule has 0 radical (unpaired) electrons. The zero-order valence-corrected chi connectivity index (χ0v) is 17.6. The molecule has 0 unspecified atom stereocenters. The fourth-order valence-corrected chi connectivity index (χ4v) is 4.78. The highest BCUT2D eigenvalue weighted by Gasteiger charge is 2.22. The van der Waals surface area contributed by atoms with Crippen molar-refractivity contribution in [2.24, 2.45) is 0 Å². The van der Waals surface area contributed by atoms with Crippen molar-refractivity contribution in [1.29, 1.82) is 0 Å². The number of carbonyl (C=O) groups excluding carboxylic acids is 1. The van der Waals surface area contributed by atoms with E-state index in [1.807, 2.05) is 0 Å². The van der Waals surface area contributed by atoms with Crippen LogP contribution in [0.2, 0.25) is 0 Å². The Balaban J connectivity index is 1.67. The molecule has 0 atom stereocenters. The van der Waals surface area contributed by atoms with Gasteiger partial charge in [-0.3, -0.25) is 4.79 Å². The SMILES string of the molecule is CN(C(=O)/C=C/c1cc(O)cc(O)c1)c1ccc(S(=O)(=O)NC2CCCCC2)cc1. The van der Waals surface area contributed by atoms with Crippen molar-refractivity contribution in [2.75, 3.05) is 11.9 Å². The van der Waals surface area contributed by atoms with Gasteiger partial charge in [0.25, 0.3) is 5.91 Å². The Morgan fingerprint density at radius 3 is 2.23 bits per heavy atom. The fraction of sp³-hybridized carbons (Fsp3) is 0.318. The number of hydrogen-bond acceptors (Lipinski definition) is 5. The number of likely N-dealkylation sites (N-methyl/N-ethyl adjacent to an activating group) is 1. The molecule has 7 nitrogen and oxygen atoms in total. The summed E-state index contributed by atoms with van der Waals surface area (Å²) in [7, 11) is -2.01. The summed E-state index contributed by atoms with van der Waals surface area (Å²) < 4.78 is 27.9. The number of nitrogens with zero attached hydrogens (tertiary/aromatic N) is 1. The molecule has 1 aliphatic carbocycles. The highest BCUT2D eigenvalue weighted by atomic mass is 32.2. The van der Waals surface area contributed by atoms with E-state index in [1.165, 1.54) is 47.4 Å². The summed E-state index contributed by atoms with van der Waals surface area (Å²) >= 11 is 0. The van der Waals surface area contributed by atoms with Crippen LogP contribution >= 0.6 is 0 Å². The van der Waals surface area contributed by atoms with Crippen LogP contribution in [0, 0.1) is 0 Å². The third-order valence-corrected chi connectivity index (χ3v) is 6.67. The summed E-state index contributed by atoms with van der Waals surface area (Å²) in [4.78, 5) is 14.0. The molecule has 1 fully saturated rings. The summed E-state index contributed by atoms with van der Waals surface area (Å²) in [6, 6.07) is 10.2. The second-order valence-electron chi connectivity index (χ2n) is 7.46. The average Bonchev–Trinajstić information content (AvgIpc) is 2.71. The van der Waals surface area contributed by atoms with Crippen LogP contribution in [0.3, 0.4) is 0 Å². The van der Waals surface area contributed by atoms with Gasteiger partial charge in [0.05, 0.1) is 4.90 Å². The van der Waals surface area contributed by atoms with Crippen LogP contribution in [0.1, 0.15) is 37.7 Å². The molecule has 0 heterocycles. The van der Waals surface area contributed by atoms with Gasteiger partial charge >= 0.3 is 0 Å². The van der Waals surface area contributed by atoms with Gasteiger partial charge in [-0.1, -0.05) is 19.3 Å². The Morgan fingerprint density at radius 1 is 1.03 bits per heavy atom. The predicted octanol–water partition coefficient (Wildman–Crippen LogP) is 3.39. The Bertz CT molecular complexity index is 1010. The van der Waals surface area contributed by atoms with Crippen molar-refractivity contribution < 1.29 is 23.4 Å². The zero-order valence-electron chi connectivity index (χ0n) is 16.8.